The molecule has 2 heterocycles. The molecule has 3 N–H and O–H groups in total. The van der Waals surface area contributed by atoms with Gasteiger partial charge in [-0.05, 0) is 49.1 Å². The van der Waals surface area contributed by atoms with Gasteiger partial charge in [-0.15, -0.1) is 0 Å². The van der Waals surface area contributed by atoms with Crippen molar-refractivity contribution in [3.8, 4) is 11.6 Å². The van der Waals surface area contributed by atoms with Crippen molar-refractivity contribution in [1.82, 2.24) is 4.98 Å². The van der Waals surface area contributed by atoms with Gasteiger partial charge >= 0.3 is 0 Å². The van der Waals surface area contributed by atoms with E-state index in [4.69, 9.17) is 38.4 Å². The van der Waals surface area contributed by atoms with Crippen LogP contribution in [0.2, 0.25) is 10.0 Å². The first-order chi connectivity index (χ1) is 12.5. The number of carbonyl (C=O) groups excluding carboxylic acids is 1. The second-order valence-corrected chi connectivity index (χ2v) is 6.88. The normalized spacial score (nSPS) is 16.1. The lowest BCUT2D eigenvalue weighted by atomic mass is 9.92. The first-order valence-corrected chi connectivity index (χ1v) is 9.01. The first-order valence-electron chi connectivity index (χ1n) is 8.26. The minimum Gasteiger partial charge on any atom is -0.438 e. The van der Waals surface area contributed by atoms with Gasteiger partial charge in [-0.1, -0.05) is 23.2 Å². The number of hydrogen-bond donors (Lipinski definition) is 2. The van der Waals surface area contributed by atoms with Gasteiger partial charge in [0.2, 0.25) is 11.8 Å². The van der Waals surface area contributed by atoms with E-state index in [0.717, 1.165) is 12.8 Å². The van der Waals surface area contributed by atoms with Crippen LogP contribution >= 0.6 is 23.2 Å². The SMILES string of the molecule is NC(C(=O)Nc1ccc(Oc2ncc(Cl)cc2Cl)cc1)C1CCOCC1. The number of amides is 1. The fraction of sp³-hybridized carbons (Fsp3) is 0.333. The van der Waals surface area contributed by atoms with Crippen LogP contribution in [0.3, 0.4) is 0 Å². The largest absolute Gasteiger partial charge is 0.438 e. The number of nitrogens with one attached hydrogen (secondary N) is 1. The third-order valence-electron chi connectivity index (χ3n) is 4.19. The molecule has 0 aliphatic carbocycles. The van der Waals surface area contributed by atoms with Crippen molar-refractivity contribution in [3.63, 3.8) is 0 Å². The van der Waals surface area contributed by atoms with Gasteiger partial charge in [0.05, 0.1) is 11.1 Å². The minimum atomic E-state index is -0.549. The van der Waals surface area contributed by atoms with Gasteiger partial charge in [-0.25, -0.2) is 4.98 Å². The molecule has 138 valence electrons. The van der Waals surface area contributed by atoms with E-state index in [1.54, 1.807) is 30.3 Å². The molecule has 1 unspecified atom stereocenters. The smallest absolute Gasteiger partial charge is 0.241 e. The summed E-state index contributed by atoms with van der Waals surface area (Å²) in [5, 5.41) is 3.58. The van der Waals surface area contributed by atoms with Gasteiger partial charge in [0.1, 0.15) is 10.8 Å². The molecule has 0 radical (unpaired) electrons. The number of rotatable bonds is 5. The lowest BCUT2D eigenvalue weighted by molar-refractivity contribution is -0.119. The summed E-state index contributed by atoms with van der Waals surface area (Å²) in [6.45, 7) is 1.30. The first kappa shape index (κ1) is 18.9. The third-order valence-corrected chi connectivity index (χ3v) is 4.66. The summed E-state index contributed by atoms with van der Waals surface area (Å²) in [7, 11) is 0. The van der Waals surface area contributed by atoms with Gasteiger partial charge in [0.15, 0.2) is 0 Å². The van der Waals surface area contributed by atoms with Gasteiger partial charge < -0.3 is 20.5 Å². The minimum absolute atomic E-state index is 0.143. The van der Waals surface area contributed by atoms with Crippen LogP contribution in [-0.4, -0.2) is 30.1 Å². The molecule has 1 saturated heterocycles. The number of aromatic nitrogens is 1. The molecular weight excluding hydrogens is 377 g/mol. The number of anilines is 1. The molecule has 6 nitrogen and oxygen atoms in total. The Hall–Kier alpha value is -1.86. The zero-order chi connectivity index (χ0) is 18.5. The van der Waals surface area contributed by atoms with Crippen LogP contribution in [0, 0.1) is 5.92 Å². The number of pyridine rings is 1. The predicted molar refractivity (Wildman–Crippen MR) is 101 cm³/mol. The van der Waals surface area contributed by atoms with Crippen molar-refractivity contribution in [2.24, 2.45) is 11.7 Å². The van der Waals surface area contributed by atoms with E-state index >= 15 is 0 Å². The van der Waals surface area contributed by atoms with Crippen LogP contribution in [0.15, 0.2) is 36.5 Å². The maximum atomic E-state index is 12.3. The second-order valence-electron chi connectivity index (χ2n) is 6.03. The standard InChI is InChI=1S/C18H19Cl2N3O3/c19-12-9-15(20)18(22-10-12)26-14-3-1-13(2-4-14)23-17(24)16(21)11-5-7-25-8-6-11/h1-4,9-11,16H,5-8,21H2,(H,23,24). The molecule has 1 amide bonds. The number of nitrogens with zero attached hydrogens (tertiary/aromatic N) is 1. The van der Waals surface area contributed by atoms with Gasteiger partial charge in [0, 0.05) is 25.1 Å². The Kier molecular flexibility index (Phi) is 6.32. The summed E-state index contributed by atoms with van der Waals surface area (Å²) in [5.74, 6) is 0.736. The van der Waals surface area contributed by atoms with Crippen molar-refractivity contribution in [2.45, 2.75) is 18.9 Å². The molecule has 8 heteroatoms. The lowest BCUT2D eigenvalue weighted by Gasteiger charge is -2.26. The number of benzene rings is 1. The molecule has 1 aromatic heterocycles. The average Bonchev–Trinajstić information content (AvgIpc) is 2.65. The topological polar surface area (TPSA) is 86.5 Å². The molecule has 1 atom stereocenters. The van der Waals surface area contributed by atoms with E-state index in [0.29, 0.717) is 34.7 Å². The van der Waals surface area contributed by atoms with Gasteiger partial charge in [-0.3, -0.25) is 4.79 Å². The Morgan fingerprint density at radius 3 is 2.62 bits per heavy atom. The van der Waals surface area contributed by atoms with Crippen molar-refractivity contribution >= 4 is 34.8 Å². The number of halogens is 2. The van der Waals surface area contributed by atoms with Crippen LogP contribution in [0.5, 0.6) is 11.6 Å². The molecule has 2 aromatic rings. The van der Waals surface area contributed by atoms with Crippen LogP contribution in [0.4, 0.5) is 5.69 Å². The molecule has 0 spiro atoms. The van der Waals surface area contributed by atoms with Crippen molar-refractivity contribution in [3.05, 3.63) is 46.6 Å². The summed E-state index contributed by atoms with van der Waals surface area (Å²) in [6, 6.07) is 7.89. The summed E-state index contributed by atoms with van der Waals surface area (Å²) < 4.78 is 10.9. The number of hydrogen-bond acceptors (Lipinski definition) is 5. The number of ether oxygens (including phenoxy) is 2. The number of carbonyl (C=O) groups is 1. The van der Waals surface area contributed by atoms with Crippen molar-refractivity contribution < 1.29 is 14.3 Å². The van der Waals surface area contributed by atoms with Crippen LogP contribution < -0.4 is 15.8 Å². The highest BCUT2D eigenvalue weighted by Gasteiger charge is 2.26. The van der Waals surface area contributed by atoms with Crippen LogP contribution in [0.1, 0.15) is 12.8 Å². The molecule has 1 aliphatic rings. The maximum Gasteiger partial charge on any atom is 0.241 e. The molecule has 26 heavy (non-hydrogen) atoms. The number of nitrogens with two attached hydrogens (primary N) is 1. The second kappa shape index (κ2) is 8.68. The fourth-order valence-electron chi connectivity index (χ4n) is 2.71. The van der Waals surface area contributed by atoms with E-state index in [2.05, 4.69) is 10.3 Å². The molecule has 1 fully saturated rings. The van der Waals surface area contributed by atoms with Crippen molar-refractivity contribution in [2.75, 3.05) is 18.5 Å². The molecule has 1 aliphatic heterocycles. The van der Waals surface area contributed by atoms with E-state index in [-0.39, 0.29) is 17.7 Å². The molecule has 3 rings (SSSR count). The molecule has 1 aromatic carbocycles. The monoisotopic (exact) mass is 395 g/mol. The van der Waals surface area contributed by atoms with Crippen LogP contribution in [-0.2, 0) is 9.53 Å². The Labute approximate surface area is 161 Å². The molecule has 0 bridgehead atoms. The highest BCUT2D eigenvalue weighted by Crippen LogP contribution is 2.29. The lowest BCUT2D eigenvalue weighted by Crippen LogP contribution is -2.43. The Bertz CT molecular complexity index is 765. The maximum absolute atomic E-state index is 12.3. The van der Waals surface area contributed by atoms with Gasteiger partial charge in [0.25, 0.3) is 0 Å². The van der Waals surface area contributed by atoms with Crippen LogP contribution in [0.25, 0.3) is 0 Å². The zero-order valence-electron chi connectivity index (χ0n) is 14.0. The highest BCUT2D eigenvalue weighted by molar-refractivity contribution is 6.35. The van der Waals surface area contributed by atoms with E-state index in [1.165, 1.54) is 6.20 Å². The average molecular weight is 396 g/mol. The fourth-order valence-corrected chi connectivity index (χ4v) is 3.13. The summed E-state index contributed by atoms with van der Waals surface area (Å²) in [5.41, 5.74) is 6.71. The predicted octanol–water partition coefficient (Wildman–Crippen LogP) is 3.87. The Balaban J connectivity index is 1.59. The highest BCUT2D eigenvalue weighted by atomic mass is 35.5. The molecule has 0 saturated carbocycles. The Morgan fingerprint density at radius 1 is 1.27 bits per heavy atom. The zero-order valence-corrected chi connectivity index (χ0v) is 15.5. The van der Waals surface area contributed by atoms with Gasteiger partial charge in [-0.2, -0.15) is 0 Å². The third kappa shape index (κ3) is 4.86. The molecular formula is C18H19Cl2N3O3. The van der Waals surface area contributed by atoms with E-state index in [9.17, 15) is 4.79 Å². The quantitative estimate of drug-likeness (QED) is 0.801. The van der Waals surface area contributed by atoms with E-state index in [1.807, 2.05) is 0 Å². The summed E-state index contributed by atoms with van der Waals surface area (Å²) >= 11 is 11.8. The van der Waals surface area contributed by atoms with Crippen molar-refractivity contribution in [1.29, 1.82) is 0 Å². The summed E-state index contributed by atoms with van der Waals surface area (Å²) in [4.78, 5) is 16.4. The summed E-state index contributed by atoms with van der Waals surface area (Å²) in [6.07, 6.45) is 3.06. The van der Waals surface area contributed by atoms with E-state index < -0.39 is 6.04 Å². The Morgan fingerprint density at radius 2 is 1.96 bits per heavy atom.